The maximum atomic E-state index is 9.22. The molecule has 0 aliphatic carbocycles. The molecule has 4 nitrogen and oxygen atoms in total. The van der Waals surface area contributed by atoms with Crippen LogP contribution in [-0.2, 0) is 9.47 Å². The van der Waals surface area contributed by atoms with Gasteiger partial charge in [0.1, 0.15) is 23.5 Å². The smallest absolute Gasteiger partial charge is 0.139 e. The van der Waals surface area contributed by atoms with E-state index in [9.17, 15) is 5.26 Å². The van der Waals surface area contributed by atoms with Gasteiger partial charge in [0, 0.05) is 26.1 Å². The maximum Gasteiger partial charge on any atom is 0.139 e. The zero-order valence-electron chi connectivity index (χ0n) is 11.8. The van der Waals surface area contributed by atoms with Crippen LogP contribution in [0.25, 0.3) is 0 Å². The van der Waals surface area contributed by atoms with E-state index in [1.165, 1.54) is 0 Å². The van der Waals surface area contributed by atoms with E-state index in [4.69, 9.17) is 25.8 Å². The van der Waals surface area contributed by atoms with E-state index in [0.29, 0.717) is 22.9 Å². The average molecular weight is 308 g/mol. The summed E-state index contributed by atoms with van der Waals surface area (Å²) in [7, 11) is 0. The van der Waals surface area contributed by atoms with Crippen LogP contribution in [0.2, 0.25) is 5.02 Å². The first-order valence-corrected chi connectivity index (χ1v) is 7.67. The fraction of sp³-hybridized carbons (Fsp3) is 0.562. The predicted octanol–water partition coefficient (Wildman–Crippen LogP) is 3.32. The molecule has 21 heavy (non-hydrogen) atoms. The number of ether oxygens (including phenoxy) is 3. The van der Waals surface area contributed by atoms with Crippen molar-refractivity contribution in [3.8, 4) is 11.8 Å². The maximum absolute atomic E-state index is 9.22. The van der Waals surface area contributed by atoms with E-state index in [2.05, 4.69) is 6.07 Å². The summed E-state index contributed by atoms with van der Waals surface area (Å²) < 4.78 is 17.5. The lowest BCUT2D eigenvalue weighted by atomic mass is 9.85. The van der Waals surface area contributed by atoms with Crippen molar-refractivity contribution >= 4 is 11.6 Å². The number of benzene rings is 1. The molecule has 2 saturated heterocycles. The fourth-order valence-corrected chi connectivity index (χ4v) is 3.27. The van der Waals surface area contributed by atoms with Crippen LogP contribution in [0.3, 0.4) is 0 Å². The highest BCUT2D eigenvalue weighted by atomic mass is 35.5. The Labute approximate surface area is 129 Å². The van der Waals surface area contributed by atoms with E-state index < -0.39 is 0 Å². The van der Waals surface area contributed by atoms with E-state index in [1.807, 2.05) is 6.07 Å². The molecular formula is C16H18ClNO3. The van der Waals surface area contributed by atoms with Crippen molar-refractivity contribution in [3.05, 3.63) is 28.8 Å². The van der Waals surface area contributed by atoms with E-state index >= 15 is 0 Å². The number of halogens is 1. The Kier molecular flexibility index (Phi) is 4.34. The van der Waals surface area contributed by atoms with Crippen LogP contribution < -0.4 is 4.74 Å². The molecule has 2 fully saturated rings. The molecule has 0 radical (unpaired) electrons. The van der Waals surface area contributed by atoms with Crippen molar-refractivity contribution in [2.75, 3.05) is 19.8 Å². The van der Waals surface area contributed by atoms with Crippen molar-refractivity contribution in [2.45, 2.75) is 37.4 Å². The summed E-state index contributed by atoms with van der Waals surface area (Å²) in [5.41, 5.74) is 0.290. The molecule has 1 unspecified atom stereocenters. The molecule has 0 saturated carbocycles. The first kappa shape index (κ1) is 14.6. The molecule has 1 aromatic carbocycles. The molecule has 0 aromatic heterocycles. The second-order valence-electron chi connectivity index (χ2n) is 5.60. The van der Waals surface area contributed by atoms with E-state index in [-0.39, 0.29) is 11.7 Å². The standard InChI is InChI=1S/C16H18ClNO3/c17-14-2-1-3-15(13(14)11-18)21-12-4-7-20-16(10-12)5-8-19-9-6-16/h1-3,12H,4-10H2. The van der Waals surface area contributed by atoms with Crippen molar-refractivity contribution < 1.29 is 14.2 Å². The Hall–Kier alpha value is -1.28. The van der Waals surface area contributed by atoms with Crippen LogP contribution in [0.15, 0.2) is 18.2 Å². The minimum atomic E-state index is -0.119. The molecule has 5 heteroatoms. The summed E-state index contributed by atoms with van der Waals surface area (Å²) in [6.07, 6.45) is 3.55. The van der Waals surface area contributed by atoms with Crippen molar-refractivity contribution in [1.29, 1.82) is 5.26 Å². The van der Waals surface area contributed by atoms with Gasteiger partial charge in [-0.3, -0.25) is 0 Å². The lowest BCUT2D eigenvalue weighted by Crippen LogP contribution is -2.47. The topological polar surface area (TPSA) is 51.5 Å². The minimum absolute atomic E-state index is 0.0578. The van der Waals surface area contributed by atoms with Crippen molar-refractivity contribution in [2.24, 2.45) is 0 Å². The second kappa shape index (κ2) is 6.23. The molecule has 1 spiro atoms. The fourth-order valence-electron chi connectivity index (χ4n) is 3.07. The molecule has 2 aliphatic heterocycles. The summed E-state index contributed by atoms with van der Waals surface area (Å²) in [4.78, 5) is 0. The summed E-state index contributed by atoms with van der Waals surface area (Å²) >= 11 is 6.05. The molecule has 2 heterocycles. The van der Waals surface area contributed by atoms with Crippen LogP contribution in [0, 0.1) is 11.3 Å². The highest BCUT2D eigenvalue weighted by molar-refractivity contribution is 6.31. The molecule has 1 atom stereocenters. The van der Waals surface area contributed by atoms with Crippen LogP contribution in [0.5, 0.6) is 5.75 Å². The van der Waals surface area contributed by atoms with Gasteiger partial charge >= 0.3 is 0 Å². The molecular weight excluding hydrogens is 290 g/mol. The Bertz CT molecular complexity index is 543. The zero-order valence-corrected chi connectivity index (χ0v) is 12.6. The number of hydrogen-bond acceptors (Lipinski definition) is 4. The third-order valence-corrected chi connectivity index (χ3v) is 4.55. The molecule has 0 bridgehead atoms. The van der Waals surface area contributed by atoms with E-state index in [1.54, 1.807) is 12.1 Å². The first-order chi connectivity index (χ1) is 10.2. The molecule has 2 aliphatic rings. The second-order valence-corrected chi connectivity index (χ2v) is 6.01. The van der Waals surface area contributed by atoms with Crippen LogP contribution in [-0.4, -0.2) is 31.5 Å². The van der Waals surface area contributed by atoms with Gasteiger partial charge in [-0.1, -0.05) is 17.7 Å². The van der Waals surface area contributed by atoms with Crippen LogP contribution in [0.1, 0.15) is 31.2 Å². The monoisotopic (exact) mass is 307 g/mol. The van der Waals surface area contributed by atoms with Gasteiger partial charge in [0.25, 0.3) is 0 Å². The Balaban J connectivity index is 1.73. The van der Waals surface area contributed by atoms with Gasteiger partial charge in [-0.2, -0.15) is 5.26 Å². The zero-order chi connectivity index (χ0) is 14.7. The normalized spacial score (nSPS) is 24.5. The summed E-state index contributed by atoms with van der Waals surface area (Å²) in [5, 5.41) is 9.65. The summed E-state index contributed by atoms with van der Waals surface area (Å²) in [6.45, 7) is 2.17. The molecule has 1 aromatic rings. The SMILES string of the molecule is N#Cc1c(Cl)cccc1OC1CCOC2(CCOCC2)C1. The van der Waals surface area contributed by atoms with Crippen molar-refractivity contribution in [1.82, 2.24) is 0 Å². The highest BCUT2D eigenvalue weighted by Crippen LogP contribution is 2.36. The van der Waals surface area contributed by atoms with Gasteiger partial charge < -0.3 is 14.2 Å². The third kappa shape index (κ3) is 3.16. The predicted molar refractivity (Wildman–Crippen MR) is 78.6 cm³/mol. The number of rotatable bonds is 2. The number of nitrogens with zero attached hydrogens (tertiary/aromatic N) is 1. The summed E-state index contributed by atoms with van der Waals surface area (Å²) in [5.74, 6) is 0.569. The van der Waals surface area contributed by atoms with Crippen molar-refractivity contribution in [3.63, 3.8) is 0 Å². The van der Waals surface area contributed by atoms with Gasteiger partial charge in [0.15, 0.2) is 0 Å². The van der Waals surface area contributed by atoms with E-state index in [0.717, 1.165) is 38.9 Å². The lowest BCUT2D eigenvalue weighted by Gasteiger charge is -2.43. The van der Waals surface area contributed by atoms with Crippen LogP contribution in [0.4, 0.5) is 0 Å². The lowest BCUT2D eigenvalue weighted by molar-refractivity contribution is -0.155. The molecule has 0 N–H and O–H groups in total. The van der Waals surface area contributed by atoms with Gasteiger partial charge in [-0.25, -0.2) is 0 Å². The Morgan fingerprint density at radius 3 is 2.86 bits per heavy atom. The molecule has 0 amide bonds. The summed E-state index contributed by atoms with van der Waals surface area (Å²) in [6, 6.07) is 7.43. The highest BCUT2D eigenvalue weighted by Gasteiger charge is 2.40. The van der Waals surface area contributed by atoms with Gasteiger partial charge in [-0.15, -0.1) is 0 Å². The average Bonchev–Trinajstić information content (AvgIpc) is 2.48. The van der Waals surface area contributed by atoms with Gasteiger partial charge in [-0.05, 0) is 25.0 Å². The first-order valence-electron chi connectivity index (χ1n) is 7.29. The molecule has 3 rings (SSSR count). The minimum Gasteiger partial charge on any atom is -0.489 e. The molecule has 112 valence electrons. The van der Waals surface area contributed by atoms with Crippen LogP contribution >= 0.6 is 11.6 Å². The largest absolute Gasteiger partial charge is 0.489 e. The quantitative estimate of drug-likeness (QED) is 0.841. The Morgan fingerprint density at radius 2 is 2.10 bits per heavy atom. The van der Waals surface area contributed by atoms with Gasteiger partial charge in [0.05, 0.1) is 17.2 Å². The Morgan fingerprint density at radius 1 is 1.29 bits per heavy atom. The number of hydrogen-bond donors (Lipinski definition) is 0. The third-order valence-electron chi connectivity index (χ3n) is 4.23. The number of nitriles is 1. The van der Waals surface area contributed by atoms with Gasteiger partial charge in [0.2, 0.25) is 0 Å².